The van der Waals surface area contributed by atoms with Crippen LogP contribution in [0.15, 0.2) is 41.6 Å². The summed E-state index contributed by atoms with van der Waals surface area (Å²) in [5.74, 6) is 0.478. The van der Waals surface area contributed by atoms with Crippen molar-refractivity contribution in [2.75, 3.05) is 26.3 Å². The quantitative estimate of drug-likeness (QED) is 0.784. The highest BCUT2D eigenvalue weighted by molar-refractivity contribution is 8.04. The molecule has 4 rings (SSSR count). The lowest BCUT2D eigenvalue weighted by Gasteiger charge is -2.36. The molecule has 3 aliphatic rings. The fourth-order valence-electron chi connectivity index (χ4n) is 3.19. The minimum atomic E-state index is -4.37. The molecule has 0 bridgehead atoms. The Morgan fingerprint density at radius 1 is 1.12 bits per heavy atom. The number of thioether (sulfide) groups is 1. The zero-order chi connectivity index (χ0) is 18.3. The second-order valence-corrected chi connectivity index (χ2v) is 7.24. The summed E-state index contributed by atoms with van der Waals surface area (Å²) < 4.78 is 49.7. The molecular formula is C18H16F3NO3S. The molecule has 1 saturated heterocycles. The Morgan fingerprint density at radius 2 is 1.81 bits per heavy atom. The smallest absolute Gasteiger partial charge is 0.416 e. The molecule has 138 valence electrons. The van der Waals surface area contributed by atoms with E-state index in [0.29, 0.717) is 37.7 Å². The third-order valence-corrected chi connectivity index (χ3v) is 5.75. The van der Waals surface area contributed by atoms with Crippen LogP contribution in [-0.2, 0) is 20.4 Å². The van der Waals surface area contributed by atoms with Gasteiger partial charge in [0.1, 0.15) is 11.4 Å². The Balaban J connectivity index is 1.56. The normalized spacial score (nSPS) is 26.1. The van der Waals surface area contributed by atoms with Gasteiger partial charge in [-0.15, -0.1) is 11.8 Å². The summed E-state index contributed by atoms with van der Waals surface area (Å²) in [7, 11) is 0. The number of hydrogen-bond donors (Lipinski definition) is 0. The van der Waals surface area contributed by atoms with Gasteiger partial charge in [0, 0.05) is 24.7 Å². The van der Waals surface area contributed by atoms with E-state index in [2.05, 4.69) is 0 Å². The van der Waals surface area contributed by atoms with Crippen LogP contribution in [0.3, 0.4) is 0 Å². The van der Waals surface area contributed by atoms with E-state index >= 15 is 0 Å². The number of benzene rings is 1. The number of ether oxygens (including phenoxy) is 2. The lowest BCUT2D eigenvalue weighted by Crippen LogP contribution is -2.43. The fraction of sp³-hybridized carbons (Fsp3) is 0.389. The number of morpholine rings is 1. The van der Waals surface area contributed by atoms with Crippen LogP contribution in [0.1, 0.15) is 11.1 Å². The predicted molar refractivity (Wildman–Crippen MR) is 91.2 cm³/mol. The molecule has 4 nitrogen and oxygen atoms in total. The lowest BCUT2D eigenvalue weighted by molar-refractivity contribution is -0.137. The number of nitrogens with zero attached hydrogens (tertiary/aromatic N) is 1. The van der Waals surface area contributed by atoms with Crippen molar-refractivity contribution >= 4 is 23.1 Å². The third kappa shape index (κ3) is 3.23. The summed E-state index contributed by atoms with van der Waals surface area (Å²) in [4.78, 5) is 14.4. The summed E-state index contributed by atoms with van der Waals surface area (Å²) in [5.41, 5.74) is 0.675. The molecule has 26 heavy (non-hydrogen) atoms. The molecule has 0 aliphatic carbocycles. The summed E-state index contributed by atoms with van der Waals surface area (Å²) in [5, 5.41) is 1.42. The molecule has 1 aromatic rings. The first kappa shape index (κ1) is 17.5. The van der Waals surface area contributed by atoms with Gasteiger partial charge in [-0.05, 0) is 23.1 Å². The van der Waals surface area contributed by atoms with Gasteiger partial charge < -0.3 is 14.4 Å². The number of halogens is 3. The highest BCUT2D eigenvalue weighted by Crippen LogP contribution is 2.43. The van der Waals surface area contributed by atoms with E-state index in [-0.39, 0.29) is 5.78 Å². The number of rotatable bonds is 2. The first-order valence-corrected chi connectivity index (χ1v) is 9.16. The Morgan fingerprint density at radius 3 is 2.46 bits per heavy atom. The van der Waals surface area contributed by atoms with Crippen molar-refractivity contribution in [2.24, 2.45) is 0 Å². The van der Waals surface area contributed by atoms with Crippen molar-refractivity contribution in [1.29, 1.82) is 0 Å². The van der Waals surface area contributed by atoms with Crippen molar-refractivity contribution in [3.63, 3.8) is 0 Å². The van der Waals surface area contributed by atoms with E-state index < -0.39 is 23.1 Å². The molecule has 8 heteroatoms. The van der Waals surface area contributed by atoms with Gasteiger partial charge in [0.05, 0.1) is 18.8 Å². The predicted octanol–water partition coefficient (Wildman–Crippen LogP) is 3.30. The van der Waals surface area contributed by atoms with Crippen LogP contribution in [-0.4, -0.2) is 48.3 Å². The van der Waals surface area contributed by atoms with Gasteiger partial charge in [-0.2, -0.15) is 13.2 Å². The van der Waals surface area contributed by atoms with Gasteiger partial charge in [-0.3, -0.25) is 4.79 Å². The molecule has 0 N–H and O–H groups in total. The zero-order valence-corrected chi connectivity index (χ0v) is 14.5. The average molecular weight is 383 g/mol. The van der Waals surface area contributed by atoms with Crippen LogP contribution in [0.4, 0.5) is 13.2 Å². The number of fused-ring (bicyclic) bond motifs is 1. The molecule has 1 aromatic carbocycles. The molecule has 3 heterocycles. The Labute approximate surface area is 152 Å². The standard InChI is InChI=1S/C18H16F3NO3S/c19-18(20,21)12-3-1-11(2-4-12)13-10-26-17-14(23)9-15(25-16(13)17)22-5-7-24-8-6-22/h1-4,9-10,16-17H,5-8H2. The maximum Gasteiger partial charge on any atom is 0.416 e. The summed E-state index contributed by atoms with van der Waals surface area (Å²) in [6, 6.07) is 4.96. The number of allylic oxidation sites excluding steroid dienone is 1. The van der Waals surface area contributed by atoms with Gasteiger partial charge in [-0.1, -0.05) is 12.1 Å². The summed E-state index contributed by atoms with van der Waals surface area (Å²) in [6.45, 7) is 2.42. The van der Waals surface area contributed by atoms with Crippen molar-refractivity contribution in [1.82, 2.24) is 4.90 Å². The second kappa shape index (κ2) is 6.66. The van der Waals surface area contributed by atoms with E-state index in [9.17, 15) is 18.0 Å². The summed E-state index contributed by atoms with van der Waals surface area (Å²) >= 11 is 1.35. The van der Waals surface area contributed by atoms with Crippen molar-refractivity contribution < 1.29 is 27.4 Å². The van der Waals surface area contributed by atoms with Crippen molar-refractivity contribution in [3.05, 3.63) is 52.8 Å². The number of hydrogen-bond acceptors (Lipinski definition) is 5. The maximum atomic E-state index is 12.8. The highest BCUT2D eigenvalue weighted by Gasteiger charge is 2.42. The van der Waals surface area contributed by atoms with Crippen LogP contribution < -0.4 is 0 Å². The van der Waals surface area contributed by atoms with Crippen molar-refractivity contribution in [3.8, 4) is 0 Å². The Hall–Kier alpha value is -1.93. The number of carbonyl (C=O) groups is 1. The van der Waals surface area contributed by atoms with Crippen LogP contribution in [0.5, 0.6) is 0 Å². The number of alkyl halides is 3. The lowest BCUT2D eigenvalue weighted by atomic mass is 9.96. The number of ketones is 1. The SMILES string of the molecule is O=C1C=C(N2CCOCC2)OC2C(c3ccc(C(F)(F)F)cc3)=CSC12. The minimum Gasteiger partial charge on any atom is -0.469 e. The van der Waals surface area contributed by atoms with E-state index in [1.165, 1.54) is 30.0 Å². The molecule has 0 saturated carbocycles. The average Bonchev–Trinajstić information content (AvgIpc) is 3.06. The fourth-order valence-corrected chi connectivity index (χ4v) is 4.30. The molecule has 2 unspecified atom stereocenters. The van der Waals surface area contributed by atoms with E-state index in [0.717, 1.165) is 17.7 Å². The topological polar surface area (TPSA) is 38.8 Å². The third-order valence-electron chi connectivity index (χ3n) is 4.59. The van der Waals surface area contributed by atoms with Gasteiger partial charge in [0.15, 0.2) is 11.7 Å². The summed E-state index contributed by atoms with van der Waals surface area (Å²) in [6.07, 6.45) is -3.35. The molecule has 0 amide bonds. The van der Waals surface area contributed by atoms with Gasteiger partial charge >= 0.3 is 6.18 Å². The maximum absolute atomic E-state index is 12.8. The molecular weight excluding hydrogens is 367 g/mol. The second-order valence-electron chi connectivity index (χ2n) is 6.23. The van der Waals surface area contributed by atoms with Crippen LogP contribution in [0.25, 0.3) is 5.57 Å². The van der Waals surface area contributed by atoms with Crippen LogP contribution in [0.2, 0.25) is 0 Å². The van der Waals surface area contributed by atoms with Gasteiger partial charge in [-0.25, -0.2) is 0 Å². The van der Waals surface area contributed by atoms with Crippen LogP contribution >= 0.6 is 11.8 Å². The molecule has 2 atom stereocenters. The molecule has 1 fully saturated rings. The van der Waals surface area contributed by atoms with Gasteiger partial charge in [0.25, 0.3) is 0 Å². The Bertz CT molecular complexity index is 767. The van der Waals surface area contributed by atoms with Crippen LogP contribution in [0, 0.1) is 0 Å². The monoisotopic (exact) mass is 383 g/mol. The molecule has 0 spiro atoms. The van der Waals surface area contributed by atoms with E-state index in [1.54, 1.807) is 0 Å². The Kier molecular flexibility index (Phi) is 4.48. The van der Waals surface area contributed by atoms with Gasteiger partial charge in [0.2, 0.25) is 0 Å². The number of carbonyl (C=O) groups excluding carboxylic acids is 1. The molecule has 0 radical (unpaired) electrons. The van der Waals surface area contributed by atoms with E-state index in [1.807, 2.05) is 10.3 Å². The molecule has 0 aromatic heterocycles. The zero-order valence-electron chi connectivity index (χ0n) is 13.7. The first-order valence-electron chi connectivity index (χ1n) is 8.21. The molecule has 3 aliphatic heterocycles. The van der Waals surface area contributed by atoms with Crippen molar-refractivity contribution in [2.45, 2.75) is 17.5 Å². The minimum absolute atomic E-state index is 0.0362. The first-order chi connectivity index (χ1) is 12.4. The highest BCUT2D eigenvalue weighted by atomic mass is 32.2. The largest absolute Gasteiger partial charge is 0.469 e. The van der Waals surface area contributed by atoms with E-state index in [4.69, 9.17) is 9.47 Å².